The first-order valence-electron chi connectivity index (χ1n) is 14.8. The summed E-state index contributed by atoms with van der Waals surface area (Å²) in [4.78, 5) is 0. The average molecular weight is 535 g/mol. The van der Waals surface area contributed by atoms with Gasteiger partial charge in [-0.15, -0.1) is 0 Å². The minimum Gasteiger partial charge on any atom is -0.456 e. The molecule has 1 unspecified atom stereocenters. The van der Waals surface area contributed by atoms with Crippen LogP contribution in [-0.4, -0.2) is 0 Å². The van der Waals surface area contributed by atoms with Crippen molar-refractivity contribution >= 4 is 22.6 Å². The van der Waals surface area contributed by atoms with E-state index >= 15 is 0 Å². The molecule has 10 rings (SSSR count). The Morgan fingerprint density at radius 3 is 1.86 bits per heavy atom. The number of furan rings is 1. The van der Waals surface area contributed by atoms with Crippen molar-refractivity contribution < 1.29 is 4.42 Å². The fourth-order valence-electron chi connectivity index (χ4n) is 8.43. The predicted octanol–water partition coefficient (Wildman–Crippen LogP) is 10.2. The summed E-state index contributed by atoms with van der Waals surface area (Å²) < 4.78 is 6.24. The molecule has 5 aromatic carbocycles. The van der Waals surface area contributed by atoms with Gasteiger partial charge in [-0.25, -0.2) is 0 Å². The highest BCUT2D eigenvalue weighted by Gasteiger charge is 2.52. The first-order chi connectivity index (χ1) is 20.7. The molecule has 1 heteroatoms. The summed E-state index contributed by atoms with van der Waals surface area (Å²) in [5.41, 5.74) is 18.2. The van der Waals surface area contributed by atoms with Crippen molar-refractivity contribution in [2.75, 3.05) is 0 Å². The van der Waals surface area contributed by atoms with Crippen molar-refractivity contribution in [2.24, 2.45) is 0 Å². The largest absolute Gasteiger partial charge is 0.456 e. The van der Waals surface area contributed by atoms with Crippen LogP contribution in [0.25, 0.3) is 44.9 Å². The van der Waals surface area contributed by atoms with Gasteiger partial charge in [0.2, 0.25) is 0 Å². The molecule has 0 amide bonds. The van der Waals surface area contributed by atoms with Crippen molar-refractivity contribution in [3.63, 3.8) is 0 Å². The second kappa shape index (κ2) is 7.78. The third-order valence-electron chi connectivity index (χ3n) is 10.1. The average Bonchev–Trinajstić information content (AvgIpc) is 3.73. The Morgan fingerprint density at radius 2 is 1.17 bits per heavy atom. The zero-order valence-corrected chi connectivity index (χ0v) is 23.2. The Kier molecular flexibility index (Phi) is 4.17. The molecule has 4 aliphatic rings. The van der Waals surface area contributed by atoms with E-state index < -0.39 is 0 Å². The van der Waals surface area contributed by atoms with Crippen molar-refractivity contribution in [3.05, 3.63) is 178 Å². The van der Waals surface area contributed by atoms with Crippen LogP contribution < -0.4 is 0 Å². The highest BCUT2D eigenvalue weighted by atomic mass is 16.3. The van der Waals surface area contributed by atoms with E-state index in [9.17, 15) is 0 Å². The number of aryl methyl sites for hydroxylation is 1. The summed E-state index contributed by atoms with van der Waals surface area (Å²) in [5.74, 6) is 1.23. The van der Waals surface area contributed by atoms with Gasteiger partial charge in [0.15, 0.2) is 0 Å². The maximum absolute atomic E-state index is 6.24. The summed E-state index contributed by atoms with van der Waals surface area (Å²) in [6, 6.07) is 40.4. The molecule has 1 nitrogen and oxygen atoms in total. The van der Waals surface area contributed by atoms with Crippen molar-refractivity contribution in [1.82, 2.24) is 0 Å². The number of rotatable bonds is 2. The lowest BCUT2D eigenvalue weighted by Gasteiger charge is -2.33. The minimum absolute atomic E-state index is 0.224. The lowest BCUT2D eigenvalue weighted by molar-refractivity contribution is 0.601. The molecule has 0 radical (unpaired) electrons. The highest BCUT2D eigenvalue weighted by Crippen LogP contribution is 2.64. The van der Waals surface area contributed by atoms with Crippen LogP contribution in [-0.2, 0) is 5.41 Å². The molecule has 1 aromatic heterocycles. The smallest absolute Gasteiger partial charge is 0.135 e. The Morgan fingerprint density at radius 1 is 0.595 bits per heavy atom. The Balaban J connectivity index is 1.18. The summed E-state index contributed by atoms with van der Waals surface area (Å²) in [6.45, 7) is 2.19. The zero-order chi connectivity index (χ0) is 27.6. The van der Waals surface area contributed by atoms with Gasteiger partial charge in [0.05, 0.1) is 5.41 Å². The van der Waals surface area contributed by atoms with Crippen LogP contribution in [0.1, 0.15) is 50.6 Å². The maximum Gasteiger partial charge on any atom is 0.135 e. The van der Waals surface area contributed by atoms with Crippen LogP contribution in [0, 0.1) is 6.92 Å². The standard InChI is InChI=1S/C41H26O/c1-24-10-8-19-36-38(24)39-27(20-21-37(39)42-36)25-22-26(23-25)28-14-9-15-32-31-13-4-7-18-35(31)41(40(28)32)33-16-5-2-11-29(33)30-12-3-6-17-34(30)41/h2-23,27H,1H3. The van der Waals surface area contributed by atoms with E-state index in [4.69, 9.17) is 4.42 Å². The van der Waals surface area contributed by atoms with E-state index in [1.807, 2.05) is 0 Å². The van der Waals surface area contributed by atoms with Gasteiger partial charge in [-0.2, -0.15) is 0 Å². The summed E-state index contributed by atoms with van der Waals surface area (Å²) in [7, 11) is 0. The van der Waals surface area contributed by atoms with Crippen LogP contribution in [0.3, 0.4) is 0 Å². The van der Waals surface area contributed by atoms with E-state index in [2.05, 4.69) is 140 Å². The SMILES string of the molecule is Cc1cccc2oc3c(c12)C(C1=CC(c2cccc4c2C2(c5ccccc5-c5ccccc52)c2ccccc2-4)=C1)C=C3. The van der Waals surface area contributed by atoms with Gasteiger partial charge in [-0.3, -0.25) is 0 Å². The van der Waals surface area contributed by atoms with E-state index in [1.54, 1.807) is 0 Å². The predicted molar refractivity (Wildman–Crippen MR) is 172 cm³/mol. The monoisotopic (exact) mass is 534 g/mol. The lowest BCUT2D eigenvalue weighted by Crippen LogP contribution is -2.27. The van der Waals surface area contributed by atoms with E-state index in [-0.39, 0.29) is 11.3 Å². The summed E-state index contributed by atoms with van der Waals surface area (Å²) >= 11 is 0. The molecule has 4 aliphatic carbocycles. The van der Waals surface area contributed by atoms with Gasteiger partial charge in [0, 0.05) is 16.9 Å². The van der Waals surface area contributed by atoms with Crippen LogP contribution in [0.5, 0.6) is 0 Å². The number of fused-ring (bicyclic) bond motifs is 13. The van der Waals surface area contributed by atoms with E-state index in [0.29, 0.717) is 0 Å². The van der Waals surface area contributed by atoms with Gasteiger partial charge in [0.1, 0.15) is 11.3 Å². The molecule has 42 heavy (non-hydrogen) atoms. The van der Waals surface area contributed by atoms with Crippen LogP contribution in [0.15, 0.2) is 137 Å². The first-order valence-corrected chi connectivity index (χ1v) is 14.8. The topological polar surface area (TPSA) is 13.1 Å². The summed E-state index contributed by atoms with van der Waals surface area (Å²) in [5, 5.41) is 1.26. The van der Waals surface area contributed by atoms with E-state index in [0.717, 1.165) is 11.3 Å². The maximum atomic E-state index is 6.24. The fourth-order valence-corrected chi connectivity index (χ4v) is 8.43. The molecular formula is C41H26O. The Hall–Kier alpha value is -5.14. The number of hydrogen-bond donors (Lipinski definition) is 0. The first kappa shape index (κ1) is 22.5. The molecular weight excluding hydrogens is 508 g/mol. The highest BCUT2D eigenvalue weighted by molar-refractivity contribution is 6.00. The second-order valence-corrected chi connectivity index (χ2v) is 12.0. The molecule has 0 fully saturated rings. The van der Waals surface area contributed by atoms with Crippen LogP contribution >= 0.6 is 0 Å². The van der Waals surface area contributed by atoms with Crippen molar-refractivity contribution in [1.29, 1.82) is 0 Å². The third-order valence-corrected chi connectivity index (χ3v) is 10.1. The van der Waals surface area contributed by atoms with Gasteiger partial charge >= 0.3 is 0 Å². The van der Waals surface area contributed by atoms with Gasteiger partial charge in [-0.05, 0) is 85.8 Å². The molecule has 1 heterocycles. The van der Waals surface area contributed by atoms with E-state index in [1.165, 1.54) is 77.7 Å². The normalized spacial score (nSPS) is 17.8. The summed E-state index contributed by atoms with van der Waals surface area (Å²) in [6.07, 6.45) is 9.29. The molecule has 196 valence electrons. The molecule has 0 bridgehead atoms. The van der Waals surface area contributed by atoms with Crippen molar-refractivity contribution in [2.45, 2.75) is 18.3 Å². The van der Waals surface area contributed by atoms with Crippen LogP contribution in [0.2, 0.25) is 0 Å². The second-order valence-electron chi connectivity index (χ2n) is 12.0. The zero-order valence-electron chi connectivity index (χ0n) is 23.2. The molecule has 1 atom stereocenters. The lowest BCUT2D eigenvalue weighted by atomic mass is 9.68. The molecule has 6 aromatic rings. The quantitative estimate of drug-likeness (QED) is 0.215. The van der Waals surface area contributed by atoms with Crippen molar-refractivity contribution in [3.8, 4) is 22.3 Å². The third kappa shape index (κ3) is 2.56. The molecule has 0 saturated heterocycles. The fraction of sp³-hybridized carbons (Fsp3) is 0.0732. The number of benzene rings is 5. The van der Waals surface area contributed by atoms with Gasteiger partial charge < -0.3 is 4.42 Å². The molecule has 0 N–H and O–H groups in total. The molecule has 0 aliphatic heterocycles. The van der Waals surface area contributed by atoms with Crippen LogP contribution in [0.4, 0.5) is 0 Å². The van der Waals surface area contributed by atoms with Gasteiger partial charge in [-0.1, -0.05) is 121 Å². The van der Waals surface area contributed by atoms with Gasteiger partial charge in [0.25, 0.3) is 0 Å². The Bertz CT molecular complexity index is 2200. The Labute approximate surface area is 244 Å². The number of allylic oxidation sites excluding steroid dienone is 5. The molecule has 0 saturated carbocycles. The number of hydrogen-bond acceptors (Lipinski definition) is 1. The minimum atomic E-state index is -0.335. The molecule has 1 spiro atoms.